The van der Waals surface area contributed by atoms with Crippen molar-refractivity contribution in [3.05, 3.63) is 26.7 Å². The number of rotatable bonds is 6. The molecule has 1 aromatic carbocycles. The minimum Gasteiger partial charge on any atom is -0.207 e. The van der Waals surface area contributed by atoms with Gasteiger partial charge in [0.25, 0.3) is 0 Å². The molecule has 0 radical (unpaired) electrons. The van der Waals surface area contributed by atoms with E-state index in [0.29, 0.717) is 17.6 Å². The van der Waals surface area contributed by atoms with Gasteiger partial charge in [0.1, 0.15) is 4.90 Å². The Hall–Kier alpha value is 0.670. The Labute approximate surface area is 140 Å². The molecule has 0 unspecified atom stereocenters. The molecule has 0 aromatic heterocycles. The summed E-state index contributed by atoms with van der Waals surface area (Å²) in [5.41, 5.74) is 0. The third kappa shape index (κ3) is 4.32. The van der Waals surface area contributed by atoms with Gasteiger partial charge in [0, 0.05) is 22.9 Å². The molecule has 0 atom stereocenters. The molecule has 1 rings (SSSR count). The van der Waals surface area contributed by atoms with Gasteiger partial charge >= 0.3 is 0 Å². The largest absolute Gasteiger partial charge is 0.246 e. The molecule has 1 aromatic rings. The smallest absolute Gasteiger partial charge is 0.207 e. The number of sulfonamides is 1. The molecule has 0 fully saturated rings. The summed E-state index contributed by atoms with van der Waals surface area (Å²) in [6.45, 7) is 2.58. The molecule has 8 heteroatoms. The van der Waals surface area contributed by atoms with Crippen molar-refractivity contribution >= 4 is 65.1 Å². The third-order valence-corrected chi connectivity index (χ3v) is 6.37. The van der Waals surface area contributed by atoms with Crippen LogP contribution in [0.25, 0.3) is 0 Å². The van der Waals surface area contributed by atoms with Crippen molar-refractivity contribution < 1.29 is 8.42 Å². The van der Waals surface area contributed by atoms with Crippen molar-refractivity contribution in [3.8, 4) is 0 Å². The van der Waals surface area contributed by atoms with Crippen LogP contribution >= 0.6 is 55.1 Å². The summed E-state index contributed by atoms with van der Waals surface area (Å²) in [5.74, 6) is 0. The van der Waals surface area contributed by atoms with Crippen LogP contribution < -0.4 is 0 Å². The van der Waals surface area contributed by atoms with E-state index in [1.807, 2.05) is 0 Å². The molecule has 0 saturated heterocycles. The third-order valence-electron chi connectivity index (χ3n) is 2.45. The Balaban J connectivity index is 3.26. The topological polar surface area (TPSA) is 37.4 Å². The molecule has 0 spiro atoms. The van der Waals surface area contributed by atoms with Crippen molar-refractivity contribution in [2.75, 3.05) is 18.4 Å². The molecule has 3 nitrogen and oxygen atoms in total. The second kappa shape index (κ2) is 7.61. The van der Waals surface area contributed by atoms with Crippen LogP contribution in [0.2, 0.25) is 10.0 Å². The van der Waals surface area contributed by atoms with Crippen LogP contribution in [0, 0.1) is 0 Å². The highest BCUT2D eigenvalue weighted by Gasteiger charge is 2.28. The van der Waals surface area contributed by atoms with E-state index in [0.717, 1.165) is 11.8 Å². The number of halogens is 4. The zero-order valence-corrected chi connectivity index (χ0v) is 15.7. The predicted molar refractivity (Wildman–Crippen MR) is 87.0 cm³/mol. The molecule has 0 N–H and O–H groups in total. The molecule has 19 heavy (non-hydrogen) atoms. The maximum atomic E-state index is 12.5. The zero-order chi connectivity index (χ0) is 14.6. The van der Waals surface area contributed by atoms with Gasteiger partial charge < -0.3 is 0 Å². The quantitative estimate of drug-likeness (QED) is 0.592. The average molecular weight is 454 g/mol. The molecule has 0 heterocycles. The Bertz CT molecular complexity index is 529. The van der Waals surface area contributed by atoms with Crippen LogP contribution in [0.1, 0.15) is 13.3 Å². The number of hydrogen-bond donors (Lipinski definition) is 0. The number of hydrogen-bond acceptors (Lipinski definition) is 2. The van der Waals surface area contributed by atoms with E-state index in [-0.39, 0.29) is 14.9 Å². The van der Waals surface area contributed by atoms with Crippen molar-refractivity contribution in [3.63, 3.8) is 0 Å². The predicted octanol–water partition coefficient (Wildman–Crippen LogP) is 4.55. The van der Waals surface area contributed by atoms with Crippen LogP contribution in [0.4, 0.5) is 0 Å². The summed E-state index contributed by atoms with van der Waals surface area (Å²) in [6, 6.07) is 3.05. The summed E-state index contributed by atoms with van der Waals surface area (Å²) in [5, 5.41) is 0.981. The second-order valence-electron chi connectivity index (χ2n) is 3.74. The van der Waals surface area contributed by atoms with Gasteiger partial charge in [-0.1, -0.05) is 62.0 Å². The highest BCUT2D eigenvalue weighted by Crippen LogP contribution is 2.34. The fraction of sp³-hybridized carbons (Fsp3) is 0.455. The molecule has 0 aliphatic rings. The maximum absolute atomic E-state index is 12.5. The highest BCUT2D eigenvalue weighted by molar-refractivity contribution is 9.10. The average Bonchev–Trinajstić information content (AvgIpc) is 2.27. The standard InChI is InChI=1S/C11H13Br2Cl2NO2S/c1-2-16(5-3-4-12)19(17,18)11-9(14)6-8(13)7-10(11)15/h6-7H,2-5H2,1H3. The molecule has 0 bridgehead atoms. The van der Waals surface area contributed by atoms with E-state index in [1.165, 1.54) is 16.4 Å². The van der Waals surface area contributed by atoms with Crippen LogP contribution in [0.15, 0.2) is 21.5 Å². The first-order valence-electron chi connectivity index (χ1n) is 5.55. The normalized spacial score (nSPS) is 12.1. The fourth-order valence-corrected chi connectivity index (χ4v) is 5.21. The molecular weight excluding hydrogens is 441 g/mol. The molecule has 0 saturated carbocycles. The zero-order valence-electron chi connectivity index (χ0n) is 10.2. The van der Waals surface area contributed by atoms with Gasteiger partial charge in [0.15, 0.2) is 0 Å². The lowest BCUT2D eigenvalue weighted by atomic mass is 10.4. The van der Waals surface area contributed by atoms with Gasteiger partial charge in [0.05, 0.1) is 10.0 Å². The minimum absolute atomic E-state index is 0.0320. The Morgan fingerprint density at radius 1 is 1.26 bits per heavy atom. The lowest BCUT2D eigenvalue weighted by Crippen LogP contribution is -2.32. The Morgan fingerprint density at radius 2 is 1.79 bits per heavy atom. The lowest BCUT2D eigenvalue weighted by Gasteiger charge is -2.21. The maximum Gasteiger partial charge on any atom is 0.246 e. The van der Waals surface area contributed by atoms with Gasteiger partial charge in [-0.15, -0.1) is 0 Å². The minimum atomic E-state index is -3.67. The van der Waals surface area contributed by atoms with Crippen LogP contribution in [-0.2, 0) is 10.0 Å². The Kier molecular flexibility index (Phi) is 7.10. The summed E-state index contributed by atoms with van der Waals surface area (Å²) >= 11 is 18.6. The van der Waals surface area contributed by atoms with Crippen molar-refractivity contribution in [2.45, 2.75) is 18.2 Å². The number of alkyl halides is 1. The van der Waals surface area contributed by atoms with Crippen molar-refractivity contribution in [1.29, 1.82) is 0 Å². The Morgan fingerprint density at radius 3 is 2.21 bits per heavy atom. The molecular formula is C11H13Br2Cl2NO2S. The van der Waals surface area contributed by atoms with Gasteiger partial charge in [0.2, 0.25) is 10.0 Å². The van der Waals surface area contributed by atoms with Crippen LogP contribution in [-0.4, -0.2) is 31.1 Å². The SMILES string of the molecule is CCN(CCCBr)S(=O)(=O)c1c(Cl)cc(Br)cc1Cl. The molecule has 0 aliphatic heterocycles. The van der Waals surface area contributed by atoms with E-state index < -0.39 is 10.0 Å². The fourth-order valence-electron chi connectivity index (χ4n) is 1.59. The van der Waals surface area contributed by atoms with Gasteiger partial charge in [-0.25, -0.2) is 8.42 Å². The first-order valence-corrected chi connectivity index (χ1v) is 9.66. The van der Waals surface area contributed by atoms with E-state index in [9.17, 15) is 8.42 Å². The van der Waals surface area contributed by atoms with Gasteiger partial charge in [-0.05, 0) is 18.6 Å². The van der Waals surface area contributed by atoms with E-state index in [4.69, 9.17) is 23.2 Å². The number of nitrogens with zero attached hydrogens (tertiary/aromatic N) is 1. The second-order valence-corrected chi connectivity index (χ2v) is 8.14. The van der Waals surface area contributed by atoms with E-state index in [1.54, 1.807) is 6.92 Å². The highest BCUT2D eigenvalue weighted by atomic mass is 79.9. The summed E-state index contributed by atoms with van der Waals surface area (Å²) in [7, 11) is -3.67. The summed E-state index contributed by atoms with van der Waals surface area (Å²) in [6.07, 6.45) is 0.721. The van der Waals surface area contributed by atoms with Gasteiger partial charge in [-0.3, -0.25) is 0 Å². The molecule has 0 aliphatic carbocycles. The van der Waals surface area contributed by atoms with Crippen molar-refractivity contribution in [2.24, 2.45) is 0 Å². The summed E-state index contributed by atoms with van der Waals surface area (Å²) < 4.78 is 27.1. The molecule has 0 amide bonds. The first kappa shape index (κ1) is 17.7. The van der Waals surface area contributed by atoms with Crippen molar-refractivity contribution in [1.82, 2.24) is 4.31 Å². The van der Waals surface area contributed by atoms with Crippen LogP contribution in [0.3, 0.4) is 0 Å². The number of benzene rings is 1. The first-order chi connectivity index (χ1) is 8.84. The van der Waals surface area contributed by atoms with Crippen LogP contribution in [0.5, 0.6) is 0 Å². The summed E-state index contributed by atoms with van der Waals surface area (Å²) in [4.78, 5) is -0.0320. The van der Waals surface area contributed by atoms with Gasteiger partial charge in [-0.2, -0.15) is 4.31 Å². The lowest BCUT2D eigenvalue weighted by molar-refractivity contribution is 0.428. The molecule has 108 valence electrons. The monoisotopic (exact) mass is 451 g/mol. The van der Waals surface area contributed by atoms with E-state index in [2.05, 4.69) is 31.9 Å². The van der Waals surface area contributed by atoms with E-state index >= 15 is 0 Å².